The highest BCUT2D eigenvalue weighted by Crippen LogP contribution is 2.30. The molecule has 3 aromatic rings. The van der Waals surface area contributed by atoms with Crippen LogP contribution in [0.2, 0.25) is 0 Å². The third-order valence-electron chi connectivity index (χ3n) is 5.36. The van der Waals surface area contributed by atoms with Gasteiger partial charge in [-0.05, 0) is 62.4 Å². The van der Waals surface area contributed by atoms with Crippen molar-refractivity contribution in [3.8, 4) is 5.69 Å². The van der Waals surface area contributed by atoms with Gasteiger partial charge in [0.05, 0.1) is 17.4 Å². The lowest BCUT2D eigenvalue weighted by atomic mass is 9.89. The van der Waals surface area contributed by atoms with Crippen LogP contribution in [0.25, 0.3) is 5.69 Å². The van der Waals surface area contributed by atoms with Gasteiger partial charge in [0.2, 0.25) is 0 Å². The van der Waals surface area contributed by atoms with Gasteiger partial charge >= 0.3 is 0 Å². The van der Waals surface area contributed by atoms with Gasteiger partial charge in [0, 0.05) is 31.2 Å². The maximum atomic E-state index is 13.2. The first-order chi connectivity index (χ1) is 12.6. The van der Waals surface area contributed by atoms with Crippen LogP contribution in [0.15, 0.2) is 48.9 Å². The van der Waals surface area contributed by atoms with E-state index in [1.165, 1.54) is 5.56 Å². The Labute approximate surface area is 153 Å². The van der Waals surface area contributed by atoms with Crippen LogP contribution in [0.3, 0.4) is 0 Å². The molecule has 0 atom stereocenters. The fourth-order valence-electron chi connectivity index (χ4n) is 3.88. The second-order valence-electron chi connectivity index (χ2n) is 7.13. The van der Waals surface area contributed by atoms with Crippen molar-refractivity contribution in [2.75, 3.05) is 13.1 Å². The number of carbonyl (C=O) groups excluding carboxylic acids is 1. The van der Waals surface area contributed by atoms with E-state index < -0.39 is 0 Å². The lowest BCUT2D eigenvalue weighted by molar-refractivity contribution is 0.0713. The molecular weight excluding hydrogens is 324 g/mol. The van der Waals surface area contributed by atoms with E-state index in [0.29, 0.717) is 5.92 Å². The van der Waals surface area contributed by atoms with E-state index >= 15 is 0 Å². The molecule has 4 rings (SSSR count). The summed E-state index contributed by atoms with van der Waals surface area (Å²) in [6.45, 7) is 5.67. The van der Waals surface area contributed by atoms with Crippen LogP contribution in [-0.2, 0) is 0 Å². The van der Waals surface area contributed by atoms with Crippen LogP contribution in [-0.4, -0.2) is 38.7 Å². The fourth-order valence-corrected chi connectivity index (χ4v) is 3.88. The summed E-state index contributed by atoms with van der Waals surface area (Å²) in [5.74, 6) is 0.610. The quantitative estimate of drug-likeness (QED) is 0.782. The molecule has 134 valence electrons. The Morgan fingerprint density at radius 2 is 1.88 bits per heavy atom. The van der Waals surface area contributed by atoms with Gasteiger partial charge in [-0.3, -0.25) is 9.89 Å². The molecule has 0 bridgehead atoms. The molecule has 1 amide bonds. The minimum absolute atomic E-state index is 0.125. The van der Waals surface area contributed by atoms with Gasteiger partial charge in [-0.1, -0.05) is 11.6 Å². The van der Waals surface area contributed by atoms with Gasteiger partial charge in [-0.15, -0.1) is 0 Å². The highest BCUT2D eigenvalue weighted by Gasteiger charge is 2.27. The first-order valence-electron chi connectivity index (χ1n) is 9.16. The van der Waals surface area contributed by atoms with Gasteiger partial charge in [-0.25, -0.2) is 0 Å². The molecule has 1 aliphatic heterocycles. The molecule has 3 heterocycles. The molecule has 0 aliphatic carbocycles. The molecule has 1 N–H and O–H groups in total. The number of nitrogens with zero attached hydrogens (tertiary/aromatic N) is 3. The average molecular weight is 348 g/mol. The van der Waals surface area contributed by atoms with E-state index in [2.05, 4.69) is 23.2 Å². The van der Waals surface area contributed by atoms with E-state index in [9.17, 15) is 4.79 Å². The number of aromatic amines is 1. The molecule has 0 unspecified atom stereocenters. The van der Waals surface area contributed by atoms with Crippen molar-refractivity contribution in [3.63, 3.8) is 0 Å². The summed E-state index contributed by atoms with van der Waals surface area (Å²) in [6, 6.07) is 10.0. The van der Waals surface area contributed by atoms with Crippen molar-refractivity contribution in [1.82, 2.24) is 19.7 Å². The Bertz CT molecular complexity index is 902. The molecular formula is C21H24N4O. The largest absolute Gasteiger partial charge is 0.339 e. The van der Waals surface area contributed by atoms with E-state index in [1.54, 1.807) is 0 Å². The molecule has 1 aromatic carbocycles. The molecule has 5 nitrogen and oxygen atoms in total. The summed E-state index contributed by atoms with van der Waals surface area (Å²) in [7, 11) is 0. The second-order valence-corrected chi connectivity index (χ2v) is 7.13. The number of piperidine rings is 1. The van der Waals surface area contributed by atoms with Crippen LogP contribution >= 0.6 is 0 Å². The Morgan fingerprint density at radius 3 is 2.54 bits per heavy atom. The van der Waals surface area contributed by atoms with Crippen LogP contribution in [0.5, 0.6) is 0 Å². The Morgan fingerprint density at radius 1 is 1.15 bits per heavy atom. The number of hydrogen-bond acceptors (Lipinski definition) is 2. The van der Waals surface area contributed by atoms with Gasteiger partial charge in [0.25, 0.3) is 5.91 Å². The van der Waals surface area contributed by atoms with E-state index in [4.69, 9.17) is 0 Å². The predicted molar refractivity (Wildman–Crippen MR) is 102 cm³/mol. The minimum Gasteiger partial charge on any atom is -0.339 e. The van der Waals surface area contributed by atoms with Gasteiger partial charge in [-0.2, -0.15) is 5.10 Å². The number of aromatic nitrogens is 3. The van der Waals surface area contributed by atoms with Crippen LogP contribution in [0.4, 0.5) is 0 Å². The monoisotopic (exact) mass is 348 g/mol. The predicted octanol–water partition coefficient (Wildman–Crippen LogP) is 3.84. The lowest BCUT2D eigenvalue weighted by Gasteiger charge is -2.32. The smallest absolute Gasteiger partial charge is 0.255 e. The van der Waals surface area contributed by atoms with Gasteiger partial charge in [0.1, 0.15) is 0 Å². The fraction of sp³-hybridized carbons (Fsp3) is 0.333. The molecule has 0 saturated carbocycles. The summed E-state index contributed by atoms with van der Waals surface area (Å²) in [6.07, 6.45) is 7.86. The van der Waals surface area contributed by atoms with E-state index in [0.717, 1.165) is 48.4 Å². The lowest BCUT2D eigenvalue weighted by Crippen LogP contribution is -2.38. The Balaban J connectivity index is 1.54. The number of benzene rings is 1. The number of H-pyrrole nitrogens is 1. The molecule has 5 heteroatoms. The number of amides is 1. The minimum atomic E-state index is 0.125. The second kappa shape index (κ2) is 6.83. The topological polar surface area (TPSA) is 53.9 Å². The first-order valence-corrected chi connectivity index (χ1v) is 9.16. The highest BCUT2D eigenvalue weighted by molar-refractivity contribution is 5.98. The summed E-state index contributed by atoms with van der Waals surface area (Å²) < 4.78 is 2.01. The maximum absolute atomic E-state index is 13.2. The molecule has 0 radical (unpaired) electrons. The molecule has 1 aliphatic rings. The molecule has 0 spiro atoms. The van der Waals surface area contributed by atoms with E-state index in [-0.39, 0.29) is 5.91 Å². The van der Waals surface area contributed by atoms with Gasteiger partial charge in [0.15, 0.2) is 0 Å². The van der Waals surface area contributed by atoms with Crippen molar-refractivity contribution in [3.05, 3.63) is 71.3 Å². The third-order valence-corrected chi connectivity index (χ3v) is 5.36. The Hall–Kier alpha value is -2.82. The van der Waals surface area contributed by atoms with E-state index in [1.807, 2.05) is 59.2 Å². The van der Waals surface area contributed by atoms with Crippen molar-refractivity contribution in [2.24, 2.45) is 0 Å². The summed E-state index contributed by atoms with van der Waals surface area (Å²) in [4.78, 5) is 15.2. The third kappa shape index (κ3) is 3.05. The maximum Gasteiger partial charge on any atom is 0.255 e. The standard InChI is InChI=1S/C21H24N4O/c1-15-5-6-20(24-9-3-4-10-24)18(13-15)21(26)25-11-7-17(8-12-25)19-14-22-23-16(19)2/h3-6,9-10,13-14,17H,7-8,11-12H2,1-2H3,(H,22,23). The normalized spacial score (nSPS) is 15.4. The van der Waals surface area contributed by atoms with Crippen molar-refractivity contribution in [1.29, 1.82) is 0 Å². The summed E-state index contributed by atoms with van der Waals surface area (Å²) in [5.41, 5.74) is 5.26. The summed E-state index contributed by atoms with van der Waals surface area (Å²) >= 11 is 0. The van der Waals surface area contributed by atoms with Gasteiger partial charge < -0.3 is 9.47 Å². The van der Waals surface area contributed by atoms with Crippen molar-refractivity contribution < 1.29 is 4.79 Å². The zero-order valence-corrected chi connectivity index (χ0v) is 15.3. The molecule has 1 fully saturated rings. The number of hydrogen-bond donors (Lipinski definition) is 1. The van der Waals surface area contributed by atoms with Crippen molar-refractivity contribution in [2.45, 2.75) is 32.6 Å². The Kier molecular flexibility index (Phi) is 4.37. The number of nitrogens with one attached hydrogen (secondary N) is 1. The van der Waals surface area contributed by atoms with Crippen LogP contribution < -0.4 is 0 Å². The number of carbonyl (C=O) groups is 1. The van der Waals surface area contributed by atoms with Crippen LogP contribution in [0, 0.1) is 13.8 Å². The summed E-state index contributed by atoms with van der Waals surface area (Å²) in [5, 5.41) is 7.16. The molecule has 1 saturated heterocycles. The zero-order chi connectivity index (χ0) is 18.1. The number of likely N-dealkylation sites (tertiary alicyclic amines) is 1. The highest BCUT2D eigenvalue weighted by atomic mass is 16.2. The molecule has 26 heavy (non-hydrogen) atoms. The zero-order valence-electron chi connectivity index (χ0n) is 15.3. The average Bonchev–Trinajstić information content (AvgIpc) is 3.33. The number of aryl methyl sites for hydroxylation is 2. The number of rotatable bonds is 3. The molecule has 2 aromatic heterocycles. The van der Waals surface area contributed by atoms with Crippen molar-refractivity contribution >= 4 is 5.91 Å². The SMILES string of the molecule is Cc1ccc(-n2cccc2)c(C(=O)N2CCC(c3cn[nH]c3C)CC2)c1. The van der Waals surface area contributed by atoms with Crippen LogP contribution in [0.1, 0.15) is 45.9 Å². The first kappa shape index (κ1) is 16.6.